The summed E-state index contributed by atoms with van der Waals surface area (Å²) in [7, 11) is 0. The van der Waals surface area contributed by atoms with Crippen LogP contribution in [0, 0.1) is 45.3 Å². The van der Waals surface area contributed by atoms with Crippen LogP contribution in [-0.2, 0) is 14.3 Å². The van der Waals surface area contributed by atoms with Gasteiger partial charge >= 0.3 is 0 Å². The highest BCUT2D eigenvalue weighted by Gasteiger charge is 2.67. The third kappa shape index (κ3) is 2.85. The maximum Gasteiger partial charge on any atom is 0.158 e. The highest BCUT2D eigenvalue weighted by molar-refractivity contribution is 5.85. The molecule has 0 aromatic rings. The lowest BCUT2D eigenvalue weighted by molar-refractivity contribution is -0.147. The number of allylic oxidation sites excluding steroid dienone is 2. The Morgan fingerprint density at radius 3 is 2.38 bits per heavy atom. The summed E-state index contributed by atoms with van der Waals surface area (Å²) in [6.45, 7) is 16.2. The van der Waals surface area contributed by atoms with Crippen molar-refractivity contribution in [3.63, 3.8) is 0 Å². The molecule has 2 saturated heterocycles. The maximum absolute atomic E-state index is 12.8. The molecule has 0 radical (unpaired) electrons. The molecule has 2 heterocycles. The van der Waals surface area contributed by atoms with Crippen LogP contribution in [0.4, 0.5) is 0 Å². The number of carbonyl (C=O) groups excluding carboxylic acids is 1. The van der Waals surface area contributed by atoms with Crippen molar-refractivity contribution in [2.75, 3.05) is 0 Å². The van der Waals surface area contributed by atoms with Gasteiger partial charge in [0.2, 0.25) is 0 Å². The smallest absolute Gasteiger partial charge is 0.158 e. The van der Waals surface area contributed by atoms with Gasteiger partial charge in [0.1, 0.15) is 11.9 Å². The number of ether oxygens (including phenoxy) is 2. The summed E-state index contributed by atoms with van der Waals surface area (Å²) < 4.78 is 12.0. The number of aliphatic hydroxyl groups excluding tert-OH is 1. The Balaban J connectivity index is 1.30. The Kier molecular flexibility index (Phi) is 4.86. The number of ketones is 1. The summed E-state index contributed by atoms with van der Waals surface area (Å²) >= 11 is 0. The van der Waals surface area contributed by atoms with Gasteiger partial charge in [0.25, 0.3) is 0 Å². The van der Waals surface area contributed by atoms with Gasteiger partial charge in [-0.3, -0.25) is 4.79 Å². The molecular weight excluding hydrogens is 424 g/mol. The third-order valence-corrected chi connectivity index (χ3v) is 12.7. The molecule has 4 heteroatoms. The van der Waals surface area contributed by atoms with E-state index >= 15 is 0 Å². The second kappa shape index (κ2) is 6.98. The zero-order valence-corrected chi connectivity index (χ0v) is 22.4. The predicted molar refractivity (Wildman–Crippen MR) is 132 cm³/mol. The van der Waals surface area contributed by atoms with Crippen molar-refractivity contribution < 1.29 is 19.4 Å². The highest BCUT2D eigenvalue weighted by atomic mass is 16.7. The second-order valence-electron chi connectivity index (χ2n) is 14.7. The summed E-state index contributed by atoms with van der Waals surface area (Å²) in [6.07, 6.45) is 10.6. The molecule has 0 bridgehead atoms. The molecule has 0 aromatic heterocycles. The first kappa shape index (κ1) is 23.7. The monoisotopic (exact) mass is 470 g/mol. The molecule has 6 aliphatic rings. The number of hydrogen-bond acceptors (Lipinski definition) is 4. The van der Waals surface area contributed by atoms with E-state index < -0.39 is 6.29 Å². The average Bonchev–Trinajstić information content (AvgIpc) is 3.08. The topological polar surface area (TPSA) is 59.1 Å². The summed E-state index contributed by atoms with van der Waals surface area (Å²) in [5.74, 6) is 2.19. The van der Waals surface area contributed by atoms with Crippen molar-refractivity contribution in [1.29, 1.82) is 0 Å². The fourth-order valence-electron chi connectivity index (χ4n) is 10.3. The summed E-state index contributed by atoms with van der Waals surface area (Å²) in [5, 5.41) is 11.0. The van der Waals surface area contributed by atoms with Crippen molar-refractivity contribution in [3.05, 3.63) is 11.6 Å². The Morgan fingerprint density at radius 2 is 1.71 bits per heavy atom. The first-order valence-corrected chi connectivity index (χ1v) is 14.0. The minimum absolute atomic E-state index is 0.0253. The molecule has 5 fully saturated rings. The van der Waals surface area contributed by atoms with E-state index in [1.165, 1.54) is 25.7 Å². The van der Waals surface area contributed by atoms with Crippen LogP contribution in [0.1, 0.15) is 99.8 Å². The van der Waals surface area contributed by atoms with Crippen LogP contribution in [0.25, 0.3) is 0 Å². The number of carbonyl (C=O) groups is 1. The first-order chi connectivity index (χ1) is 15.8. The van der Waals surface area contributed by atoms with E-state index in [0.717, 1.165) is 25.7 Å². The highest BCUT2D eigenvalue weighted by Crippen LogP contribution is 2.73. The fourth-order valence-corrected chi connectivity index (χ4v) is 10.3. The van der Waals surface area contributed by atoms with Crippen LogP contribution >= 0.6 is 0 Å². The van der Waals surface area contributed by atoms with Crippen molar-refractivity contribution in [2.45, 2.75) is 124 Å². The molecule has 4 nitrogen and oxygen atoms in total. The number of rotatable bonds is 2. The maximum atomic E-state index is 12.8. The quantitative estimate of drug-likeness (QED) is 0.393. The number of epoxide rings is 1. The van der Waals surface area contributed by atoms with E-state index in [1.807, 2.05) is 0 Å². The van der Waals surface area contributed by atoms with Gasteiger partial charge < -0.3 is 14.6 Å². The minimum atomic E-state index is -0.667. The van der Waals surface area contributed by atoms with E-state index in [1.54, 1.807) is 5.57 Å². The van der Waals surface area contributed by atoms with Crippen LogP contribution in [0.2, 0.25) is 0 Å². The molecule has 1 N–H and O–H groups in total. The Hall–Kier alpha value is -0.710. The molecule has 190 valence electrons. The van der Waals surface area contributed by atoms with E-state index in [0.29, 0.717) is 23.5 Å². The van der Waals surface area contributed by atoms with Gasteiger partial charge in [0.05, 0.1) is 11.7 Å². The lowest BCUT2D eigenvalue weighted by atomic mass is 9.41. The summed E-state index contributed by atoms with van der Waals surface area (Å²) in [4.78, 5) is 12.8. The van der Waals surface area contributed by atoms with Crippen molar-refractivity contribution in [1.82, 2.24) is 0 Å². The van der Waals surface area contributed by atoms with E-state index in [-0.39, 0.29) is 45.4 Å². The Bertz CT molecular complexity index is 934. The normalized spacial score (nSPS) is 55.2. The molecule has 0 unspecified atom stereocenters. The van der Waals surface area contributed by atoms with Crippen LogP contribution in [-0.4, -0.2) is 35.0 Å². The first-order valence-electron chi connectivity index (χ1n) is 14.0. The number of aliphatic hydroxyl groups is 1. The molecule has 4 aliphatic carbocycles. The molecule has 3 saturated carbocycles. The molecule has 0 spiro atoms. The molecule has 10 atom stereocenters. The lowest BCUT2D eigenvalue weighted by Crippen LogP contribution is -2.57. The summed E-state index contributed by atoms with van der Waals surface area (Å²) in [6, 6.07) is 0. The number of hydrogen-bond donors (Lipinski definition) is 1. The van der Waals surface area contributed by atoms with Crippen LogP contribution in [0.3, 0.4) is 0 Å². The van der Waals surface area contributed by atoms with E-state index in [9.17, 15) is 9.90 Å². The van der Waals surface area contributed by atoms with E-state index in [4.69, 9.17) is 9.47 Å². The molecule has 0 aromatic carbocycles. The standard InChI is InChI=1S/C30H46O4/c1-26(2)22-9-8-20-19(28(22,5)13-12-23(26)31)11-15-29(6)18(10-14-30(20,29)7)17-16-21(33-25(17)32)24-27(3,4)34-24/h8,17-19,21-22,24-25,32H,9-16H2,1-7H3/t17-,18+,19-,21+,22-,24-,25+,28+,29-,30+/m0/s1. The molecule has 0 amide bonds. The van der Waals surface area contributed by atoms with Gasteiger partial charge in [-0.05, 0) is 92.8 Å². The molecule has 6 rings (SSSR count). The van der Waals surface area contributed by atoms with Crippen LogP contribution in [0.15, 0.2) is 11.6 Å². The van der Waals surface area contributed by atoms with Crippen molar-refractivity contribution in [3.8, 4) is 0 Å². The Morgan fingerprint density at radius 1 is 1.00 bits per heavy atom. The molecule has 2 aliphatic heterocycles. The van der Waals surface area contributed by atoms with E-state index in [2.05, 4.69) is 54.5 Å². The van der Waals surface area contributed by atoms with Gasteiger partial charge in [-0.25, -0.2) is 0 Å². The van der Waals surface area contributed by atoms with Gasteiger partial charge in [0, 0.05) is 17.8 Å². The lowest BCUT2D eigenvalue weighted by Gasteiger charge is -2.63. The zero-order valence-electron chi connectivity index (χ0n) is 22.4. The second-order valence-corrected chi connectivity index (χ2v) is 14.7. The number of Topliss-reactive ketones (excluding diaryl/α,β-unsaturated/α-hetero) is 1. The van der Waals surface area contributed by atoms with Gasteiger partial charge in [0.15, 0.2) is 6.29 Å². The predicted octanol–water partition coefficient (Wildman–Crippen LogP) is 6.06. The molecule has 34 heavy (non-hydrogen) atoms. The van der Waals surface area contributed by atoms with Crippen molar-refractivity contribution >= 4 is 5.78 Å². The van der Waals surface area contributed by atoms with Crippen LogP contribution in [0.5, 0.6) is 0 Å². The largest absolute Gasteiger partial charge is 0.368 e. The third-order valence-electron chi connectivity index (χ3n) is 12.7. The summed E-state index contributed by atoms with van der Waals surface area (Å²) in [5.41, 5.74) is 1.95. The van der Waals surface area contributed by atoms with Gasteiger partial charge in [-0.15, -0.1) is 0 Å². The zero-order chi connectivity index (χ0) is 24.5. The average molecular weight is 471 g/mol. The molecular formula is C30H46O4. The number of fused-ring (bicyclic) bond motifs is 5. The van der Waals surface area contributed by atoms with Crippen LogP contribution < -0.4 is 0 Å². The fraction of sp³-hybridized carbons (Fsp3) is 0.900. The van der Waals surface area contributed by atoms with Gasteiger partial charge in [-0.1, -0.05) is 46.3 Å². The Labute approximate surface area is 206 Å². The minimum Gasteiger partial charge on any atom is -0.368 e. The SMILES string of the molecule is CC1(C)O[C@H]1[C@H]1C[C@@H]([C@H]2CC[C@]3(C)C4=CC[C@H]5C(C)(C)C(=O)CC[C@]5(C)[C@H]4CC[C@@]23C)[C@H](O)O1. The van der Waals surface area contributed by atoms with Gasteiger partial charge in [-0.2, -0.15) is 0 Å². The van der Waals surface area contributed by atoms with Crippen molar-refractivity contribution in [2.24, 2.45) is 45.3 Å².